The molecule has 2 N–H and O–H groups in total. The first-order chi connectivity index (χ1) is 13.6. The topological polar surface area (TPSA) is 110 Å². The molecule has 0 atom stereocenters. The van der Waals surface area contributed by atoms with Gasteiger partial charge in [0.25, 0.3) is 0 Å². The van der Waals surface area contributed by atoms with Gasteiger partial charge >= 0.3 is 0 Å². The highest BCUT2D eigenvalue weighted by Gasteiger charge is 2.14. The van der Waals surface area contributed by atoms with Crippen molar-refractivity contribution in [1.29, 1.82) is 0 Å². The summed E-state index contributed by atoms with van der Waals surface area (Å²) >= 11 is 3.27. The zero-order valence-electron chi connectivity index (χ0n) is 15.2. The van der Waals surface area contributed by atoms with E-state index in [1.54, 1.807) is 12.1 Å². The van der Waals surface area contributed by atoms with Gasteiger partial charge in [-0.05, 0) is 65.2 Å². The molecule has 0 spiro atoms. The van der Waals surface area contributed by atoms with Gasteiger partial charge in [-0.2, -0.15) is 5.21 Å². The van der Waals surface area contributed by atoms with Gasteiger partial charge in [-0.15, -0.1) is 10.2 Å². The van der Waals surface area contributed by atoms with Crippen molar-refractivity contribution in [3.05, 3.63) is 46.4 Å². The minimum atomic E-state index is -0.203. The molecule has 0 unspecified atom stereocenters. The molecule has 28 heavy (non-hydrogen) atoms. The van der Waals surface area contributed by atoms with Crippen LogP contribution in [-0.2, 0) is 0 Å². The number of aromatic amines is 1. The second-order valence-electron chi connectivity index (χ2n) is 6.00. The predicted octanol–water partition coefficient (Wildman–Crippen LogP) is 3.78. The fourth-order valence-corrected chi connectivity index (χ4v) is 2.99. The van der Waals surface area contributed by atoms with E-state index in [2.05, 4.69) is 36.6 Å². The monoisotopic (exact) mass is 446 g/mol. The predicted molar refractivity (Wildman–Crippen MR) is 106 cm³/mol. The number of carbonyl (C=O) groups is 1. The van der Waals surface area contributed by atoms with Crippen molar-refractivity contribution >= 4 is 21.7 Å². The van der Waals surface area contributed by atoms with Gasteiger partial charge < -0.3 is 14.6 Å². The number of nitrogens with zero attached hydrogens (tertiary/aromatic N) is 3. The van der Waals surface area contributed by atoms with Crippen molar-refractivity contribution in [2.45, 2.75) is 19.8 Å². The van der Waals surface area contributed by atoms with E-state index < -0.39 is 0 Å². The Balaban J connectivity index is 1.43. The minimum Gasteiger partial charge on any atom is -0.506 e. The highest BCUT2D eigenvalue weighted by molar-refractivity contribution is 9.10. The van der Waals surface area contributed by atoms with E-state index in [0.717, 1.165) is 24.2 Å². The van der Waals surface area contributed by atoms with Crippen molar-refractivity contribution in [1.82, 2.24) is 20.6 Å². The van der Waals surface area contributed by atoms with Gasteiger partial charge in [-0.1, -0.05) is 12.1 Å². The van der Waals surface area contributed by atoms with Gasteiger partial charge in [-0.3, -0.25) is 4.79 Å². The molecule has 0 saturated carbocycles. The molecule has 0 fully saturated rings. The van der Waals surface area contributed by atoms with Crippen LogP contribution in [0, 0.1) is 0 Å². The van der Waals surface area contributed by atoms with Gasteiger partial charge in [0.2, 0.25) is 5.82 Å². The number of carbonyl (C=O) groups excluding carboxylic acids is 1. The van der Waals surface area contributed by atoms with E-state index in [0.29, 0.717) is 29.3 Å². The molecule has 0 amide bonds. The third-order valence-corrected chi connectivity index (χ3v) is 4.73. The lowest BCUT2D eigenvalue weighted by Crippen LogP contribution is -2.03. The average molecular weight is 447 g/mol. The number of ether oxygens (including phenoxy) is 2. The van der Waals surface area contributed by atoms with Crippen molar-refractivity contribution in [2.75, 3.05) is 13.2 Å². The number of benzene rings is 2. The third kappa shape index (κ3) is 4.86. The Morgan fingerprint density at radius 3 is 2.68 bits per heavy atom. The maximum Gasteiger partial charge on any atom is 0.204 e. The molecule has 0 aliphatic heterocycles. The fraction of sp³-hybridized carbons (Fsp3) is 0.263. The maximum absolute atomic E-state index is 11.4. The Morgan fingerprint density at radius 2 is 1.96 bits per heavy atom. The smallest absolute Gasteiger partial charge is 0.204 e. The van der Waals surface area contributed by atoms with Crippen LogP contribution < -0.4 is 9.47 Å². The van der Waals surface area contributed by atoms with Crippen LogP contribution in [0.4, 0.5) is 0 Å². The second kappa shape index (κ2) is 9.32. The molecule has 9 heteroatoms. The van der Waals surface area contributed by atoms with Crippen LogP contribution in [0.3, 0.4) is 0 Å². The van der Waals surface area contributed by atoms with Gasteiger partial charge in [0.15, 0.2) is 5.78 Å². The number of aromatic hydroxyl groups is 1. The third-order valence-electron chi connectivity index (χ3n) is 3.96. The zero-order chi connectivity index (χ0) is 19.9. The van der Waals surface area contributed by atoms with E-state index in [1.807, 2.05) is 24.3 Å². The van der Waals surface area contributed by atoms with Crippen LogP contribution in [-0.4, -0.2) is 44.7 Å². The zero-order valence-corrected chi connectivity index (χ0v) is 16.8. The Morgan fingerprint density at radius 1 is 1.18 bits per heavy atom. The Bertz CT molecular complexity index is 947. The normalized spacial score (nSPS) is 10.6. The van der Waals surface area contributed by atoms with Gasteiger partial charge in [0.05, 0.1) is 18.8 Å². The number of H-pyrrole nitrogens is 1. The molecular weight excluding hydrogens is 428 g/mol. The minimum absolute atomic E-state index is 0.102. The quantitative estimate of drug-likeness (QED) is 0.380. The number of halogens is 1. The fourth-order valence-electron chi connectivity index (χ4n) is 2.53. The largest absolute Gasteiger partial charge is 0.506 e. The maximum atomic E-state index is 11.4. The number of phenols is 1. The molecule has 2 aromatic carbocycles. The Labute approximate surface area is 170 Å². The highest BCUT2D eigenvalue weighted by Crippen LogP contribution is 2.36. The van der Waals surface area contributed by atoms with E-state index in [1.165, 1.54) is 6.92 Å². The number of aromatic nitrogens is 4. The molecule has 3 rings (SSSR count). The second-order valence-corrected chi connectivity index (χ2v) is 6.79. The van der Waals surface area contributed by atoms with Gasteiger partial charge in [0, 0.05) is 5.56 Å². The Kier molecular flexibility index (Phi) is 6.59. The molecule has 8 nitrogen and oxygen atoms in total. The molecule has 0 aliphatic carbocycles. The number of unbranched alkanes of at least 4 members (excludes halogenated alkanes) is 1. The molecule has 0 radical (unpaired) electrons. The molecule has 3 aromatic rings. The van der Waals surface area contributed by atoms with E-state index >= 15 is 0 Å². The summed E-state index contributed by atoms with van der Waals surface area (Å²) in [5.41, 5.74) is 1.09. The molecule has 146 valence electrons. The number of hydrogen-bond acceptors (Lipinski definition) is 7. The van der Waals surface area contributed by atoms with E-state index in [9.17, 15) is 9.90 Å². The van der Waals surface area contributed by atoms with Crippen molar-refractivity contribution in [3.63, 3.8) is 0 Å². The molecule has 0 bridgehead atoms. The molecular formula is C19H19BrN4O4. The van der Waals surface area contributed by atoms with Gasteiger partial charge in [-0.25, -0.2) is 0 Å². The Hall–Kier alpha value is -2.94. The standard InChI is InChI=1S/C19H19BrN4O4/c1-12(25)15-7-8-16(17(20)18(15)26)28-10-3-2-9-27-14-6-4-5-13(11-14)19-21-23-24-22-19/h4-8,11,26H,2-3,9-10H2,1H3,(H,21,22,23,24). The lowest BCUT2D eigenvalue weighted by atomic mass is 10.1. The lowest BCUT2D eigenvalue weighted by molar-refractivity contribution is 0.101. The first-order valence-electron chi connectivity index (χ1n) is 8.68. The van der Waals surface area contributed by atoms with Crippen LogP contribution >= 0.6 is 15.9 Å². The first kappa shape index (κ1) is 19.8. The summed E-state index contributed by atoms with van der Waals surface area (Å²) < 4.78 is 11.8. The van der Waals surface area contributed by atoms with Crippen LogP contribution in [0.1, 0.15) is 30.1 Å². The summed E-state index contributed by atoms with van der Waals surface area (Å²) in [6.45, 7) is 2.40. The van der Waals surface area contributed by atoms with Crippen LogP contribution in [0.2, 0.25) is 0 Å². The number of phenolic OH excluding ortho intramolecular Hbond substituents is 1. The summed E-state index contributed by atoms with van der Waals surface area (Å²) in [4.78, 5) is 11.4. The molecule has 0 aliphatic rings. The molecule has 0 saturated heterocycles. The van der Waals surface area contributed by atoms with Crippen LogP contribution in [0.15, 0.2) is 40.9 Å². The summed E-state index contributed by atoms with van der Waals surface area (Å²) in [6, 6.07) is 10.7. The van der Waals surface area contributed by atoms with Crippen molar-refractivity contribution in [2.24, 2.45) is 0 Å². The van der Waals surface area contributed by atoms with Crippen LogP contribution in [0.25, 0.3) is 11.4 Å². The SMILES string of the molecule is CC(=O)c1ccc(OCCCCOc2cccc(-c3nn[nH]n3)c2)c(Br)c1O. The number of tetrazole rings is 1. The van der Waals surface area contributed by atoms with Crippen molar-refractivity contribution < 1.29 is 19.4 Å². The number of ketones is 1. The van der Waals surface area contributed by atoms with Crippen LogP contribution in [0.5, 0.6) is 17.2 Å². The lowest BCUT2D eigenvalue weighted by Gasteiger charge is -2.11. The van der Waals surface area contributed by atoms with Crippen molar-refractivity contribution in [3.8, 4) is 28.6 Å². The number of Topliss-reactive ketones (excluding diaryl/α,β-unsaturated/α-hetero) is 1. The average Bonchev–Trinajstić information content (AvgIpc) is 3.22. The highest BCUT2D eigenvalue weighted by atomic mass is 79.9. The summed E-state index contributed by atoms with van der Waals surface area (Å²) in [6.07, 6.45) is 1.56. The van der Waals surface area contributed by atoms with E-state index in [-0.39, 0.29) is 17.1 Å². The summed E-state index contributed by atoms with van der Waals surface area (Å²) in [7, 11) is 0. The number of nitrogens with one attached hydrogen (secondary N) is 1. The summed E-state index contributed by atoms with van der Waals surface area (Å²) in [5.74, 6) is 1.44. The summed E-state index contributed by atoms with van der Waals surface area (Å²) in [5, 5.41) is 23.9. The number of rotatable bonds is 9. The first-order valence-corrected chi connectivity index (χ1v) is 9.47. The van der Waals surface area contributed by atoms with Gasteiger partial charge in [0.1, 0.15) is 21.7 Å². The van der Waals surface area contributed by atoms with E-state index in [4.69, 9.17) is 9.47 Å². The number of hydrogen-bond donors (Lipinski definition) is 2. The molecule has 1 heterocycles. The molecule has 1 aromatic heterocycles.